The van der Waals surface area contributed by atoms with Gasteiger partial charge in [0.15, 0.2) is 0 Å². The summed E-state index contributed by atoms with van der Waals surface area (Å²) in [5.74, 6) is -0.0520. The van der Waals surface area contributed by atoms with Crippen molar-refractivity contribution >= 4 is 17.5 Å². The van der Waals surface area contributed by atoms with Gasteiger partial charge in [0.25, 0.3) is 5.91 Å². The number of hydrogen-bond acceptors (Lipinski definition) is 3. The molecule has 1 aromatic carbocycles. The van der Waals surface area contributed by atoms with Gasteiger partial charge in [0.1, 0.15) is 0 Å². The minimum Gasteiger partial charge on any atom is -0.376 e. The fourth-order valence-corrected chi connectivity index (χ4v) is 2.70. The summed E-state index contributed by atoms with van der Waals surface area (Å²) in [6.45, 7) is 2.75. The molecule has 120 valence electrons. The second-order valence-corrected chi connectivity index (χ2v) is 5.69. The second-order valence-electron chi connectivity index (χ2n) is 5.69. The highest BCUT2D eigenvalue weighted by atomic mass is 16.2. The van der Waals surface area contributed by atoms with Crippen LogP contribution in [0.3, 0.4) is 0 Å². The van der Waals surface area contributed by atoms with Gasteiger partial charge in [0.2, 0.25) is 5.91 Å². The highest BCUT2D eigenvalue weighted by Crippen LogP contribution is 2.18. The zero-order valence-electron chi connectivity index (χ0n) is 13.2. The largest absolute Gasteiger partial charge is 0.376 e. The van der Waals surface area contributed by atoms with Gasteiger partial charge in [0.05, 0.1) is 6.54 Å². The van der Waals surface area contributed by atoms with Crippen molar-refractivity contribution < 1.29 is 9.59 Å². The van der Waals surface area contributed by atoms with Crippen LogP contribution in [0.2, 0.25) is 0 Å². The number of hydrogen-bond donors (Lipinski definition) is 3. The molecule has 0 unspecified atom stereocenters. The molecule has 1 aliphatic carbocycles. The van der Waals surface area contributed by atoms with Crippen molar-refractivity contribution in [3.05, 3.63) is 29.8 Å². The third-order valence-corrected chi connectivity index (χ3v) is 3.91. The Morgan fingerprint density at radius 3 is 2.41 bits per heavy atom. The quantitative estimate of drug-likeness (QED) is 0.755. The van der Waals surface area contributed by atoms with E-state index in [1.165, 1.54) is 19.3 Å². The highest BCUT2D eigenvalue weighted by Gasteiger charge is 2.16. The third kappa shape index (κ3) is 5.06. The lowest BCUT2D eigenvalue weighted by Crippen LogP contribution is -2.36. The second kappa shape index (κ2) is 8.41. The van der Waals surface area contributed by atoms with Crippen molar-refractivity contribution in [2.75, 3.05) is 18.4 Å². The molecule has 0 saturated heterocycles. The molecule has 0 aliphatic heterocycles. The lowest BCUT2D eigenvalue weighted by molar-refractivity contribution is -0.119. The molecule has 1 aromatic rings. The number of likely N-dealkylation sites (N-methyl/N-ethyl adjacent to an activating group) is 1. The van der Waals surface area contributed by atoms with Gasteiger partial charge in [-0.25, -0.2) is 0 Å². The number of carbonyl (C=O) groups is 2. The molecule has 0 atom stereocenters. The number of amides is 2. The molecule has 5 nitrogen and oxygen atoms in total. The molecule has 0 aromatic heterocycles. The van der Waals surface area contributed by atoms with Crippen LogP contribution in [0, 0.1) is 0 Å². The van der Waals surface area contributed by atoms with Crippen LogP contribution in [0.1, 0.15) is 49.4 Å². The standard InChI is InChI=1S/C17H25N3O2/c1-2-18-16(21)12-19-14-10-8-13(9-11-14)17(22)20-15-6-4-3-5-7-15/h8-11,15,19H,2-7,12H2,1H3,(H,18,21)(H,20,22). The van der Waals surface area contributed by atoms with Crippen LogP contribution in [0.25, 0.3) is 0 Å². The Morgan fingerprint density at radius 1 is 1.09 bits per heavy atom. The molecule has 0 bridgehead atoms. The average molecular weight is 303 g/mol. The van der Waals surface area contributed by atoms with Gasteiger partial charge in [-0.15, -0.1) is 0 Å². The van der Waals surface area contributed by atoms with Gasteiger partial charge >= 0.3 is 0 Å². The van der Waals surface area contributed by atoms with Crippen LogP contribution in [-0.2, 0) is 4.79 Å². The van der Waals surface area contributed by atoms with Gasteiger partial charge in [-0.05, 0) is 44.0 Å². The van der Waals surface area contributed by atoms with E-state index >= 15 is 0 Å². The zero-order chi connectivity index (χ0) is 15.8. The number of nitrogens with one attached hydrogen (secondary N) is 3. The lowest BCUT2D eigenvalue weighted by atomic mass is 9.95. The van der Waals surface area contributed by atoms with E-state index in [1.54, 1.807) is 12.1 Å². The number of benzene rings is 1. The first-order valence-corrected chi connectivity index (χ1v) is 8.10. The van der Waals surface area contributed by atoms with Crippen LogP contribution in [-0.4, -0.2) is 30.9 Å². The SMILES string of the molecule is CCNC(=O)CNc1ccc(C(=O)NC2CCCCC2)cc1. The molecule has 1 aliphatic rings. The Labute approximate surface area is 131 Å². The summed E-state index contributed by atoms with van der Waals surface area (Å²) in [6, 6.07) is 7.55. The van der Waals surface area contributed by atoms with Crippen LogP contribution >= 0.6 is 0 Å². The molecule has 3 N–H and O–H groups in total. The summed E-state index contributed by atoms with van der Waals surface area (Å²) in [4.78, 5) is 23.6. The Morgan fingerprint density at radius 2 is 1.77 bits per heavy atom. The first-order chi connectivity index (χ1) is 10.7. The van der Waals surface area contributed by atoms with Crippen molar-refractivity contribution in [2.45, 2.75) is 45.1 Å². The Balaban J connectivity index is 1.82. The molecular weight excluding hydrogens is 278 g/mol. The van der Waals surface area contributed by atoms with Gasteiger partial charge in [0, 0.05) is 23.8 Å². The maximum Gasteiger partial charge on any atom is 0.251 e. The topological polar surface area (TPSA) is 70.2 Å². The normalized spacial score (nSPS) is 15.1. The lowest BCUT2D eigenvalue weighted by Gasteiger charge is -2.22. The van der Waals surface area contributed by atoms with Crippen molar-refractivity contribution in [3.63, 3.8) is 0 Å². The van der Waals surface area contributed by atoms with E-state index in [2.05, 4.69) is 16.0 Å². The molecule has 0 spiro atoms. The molecule has 22 heavy (non-hydrogen) atoms. The summed E-state index contributed by atoms with van der Waals surface area (Å²) in [7, 11) is 0. The molecule has 0 radical (unpaired) electrons. The summed E-state index contributed by atoms with van der Waals surface area (Å²) >= 11 is 0. The minimum absolute atomic E-state index is 0.0119. The summed E-state index contributed by atoms with van der Waals surface area (Å²) in [6.07, 6.45) is 5.84. The first-order valence-electron chi connectivity index (χ1n) is 8.10. The van der Waals surface area contributed by atoms with E-state index in [0.29, 0.717) is 18.2 Å². The molecule has 0 heterocycles. The predicted molar refractivity (Wildman–Crippen MR) is 88.0 cm³/mol. The van der Waals surface area contributed by atoms with Crippen LogP contribution in [0.5, 0.6) is 0 Å². The predicted octanol–water partition coefficient (Wildman–Crippen LogP) is 2.30. The molecule has 1 saturated carbocycles. The maximum atomic E-state index is 12.2. The maximum absolute atomic E-state index is 12.2. The third-order valence-electron chi connectivity index (χ3n) is 3.91. The smallest absolute Gasteiger partial charge is 0.251 e. The molecule has 2 rings (SSSR count). The van der Waals surface area contributed by atoms with Crippen LogP contribution < -0.4 is 16.0 Å². The fraction of sp³-hybridized carbons (Fsp3) is 0.529. The van der Waals surface area contributed by atoms with Gasteiger partial charge < -0.3 is 16.0 Å². The summed E-state index contributed by atoms with van der Waals surface area (Å²) in [5.41, 5.74) is 1.50. The van der Waals surface area contributed by atoms with E-state index < -0.39 is 0 Å². The number of carbonyl (C=O) groups excluding carboxylic acids is 2. The Bertz CT molecular complexity index is 493. The number of anilines is 1. The van der Waals surface area contributed by atoms with Crippen molar-refractivity contribution in [2.24, 2.45) is 0 Å². The van der Waals surface area contributed by atoms with Crippen LogP contribution in [0.4, 0.5) is 5.69 Å². The van der Waals surface area contributed by atoms with E-state index in [1.807, 2.05) is 19.1 Å². The molecular formula is C17H25N3O2. The molecule has 2 amide bonds. The minimum atomic E-state index is -0.0402. The van der Waals surface area contributed by atoms with Crippen molar-refractivity contribution in [3.8, 4) is 0 Å². The van der Waals surface area contributed by atoms with Gasteiger partial charge in [-0.1, -0.05) is 19.3 Å². The van der Waals surface area contributed by atoms with Crippen molar-refractivity contribution in [1.29, 1.82) is 0 Å². The summed E-state index contributed by atoms with van der Waals surface area (Å²) < 4.78 is 0. The van der Waals surface area contributed by atoms with E-state index in [-0.39, 0.29) is 18.4 Å². The monoisotopic (exact) mass is 303 g/mol. The number of rotatable bonds is 6. The molecule has 5 heteroatoms. The fourth-order valence-electron chi connectivity index (χ4n) is 2.70. The van der Waals surface area contributed by atoms with Crippen molar-refractivity contribution in [1.82, 2.24) is 10.6 Å². The van der Waals surface area contributed by atoms with Gasteiger partial charge in [-0.3, -0.25) is 9.59 Å². The highest BCUT2D eigenvalue weighted by molar-refractivity contribution is 5.94. The first kappa shape index (κ1) is 16.3. The Hall–Kier alpha value is -2.04. The van der Waals surface area contributed by atoms with E-state index in [4.69, 9.17) is 0 Å². The molecule has 1 fully saturated rings. The van der Waals surface area contributed by atoms with E-state index in [0.717, 1.165) is 18.5 Å². The van der Waals surface area contributed by atoms with E-state index in [9.17, 15) is 9.59 Å². The average Bonchev–Trinajstić information content (AvgIpc) is 2.54. The zero-order valence-corrected chi connectivity index (χ0v) is 13.2. The van der Waals surface area contributed by atoms with Crippen LogP contribution in [0.15, 0.2) is 24.3 Å². The summed E-state index contributed by atoms with van der Waals surface area (Å²) in [5, 5.41) is 8.86. The van der Waals surface area contributed by atoms with Gasteiger partial charge in [-0.2, -0.15) is 0 Å². The Kier molecular flexibility index (Phi) is 6.25.